The third-order valence-corrected chi connectivity index (χ3v) is 3.98. The highest BCUT2D eigenvalue weighted by Gasteiger charge is 2.23. The molecule has 3 nitrogen and oxygen atoms in total. The van der Waals surface area contributed by atoms with E-state index < -0.39 is 0 Å². The summed E-state index contributed by atoms with van der Waals surface area (Å²) in [4.78, 5) is 8.78. The molecule has 1 aromatic heterocycles. The molecule has 0 radical (unpaired) electrons. The largest absolute Gasteiger partial charge is 0.393 e. The lowest BCUT2D eigenvalue weighted by molar-refractivity contribution is 0.121. The lowest BCUT2D eigenvalue weighted by atomic mass is 9.87. The maximum absolute atomic E-state index is 14.1. The number of aromatic nitrogens is 2. The van der Waals surface area contributed by atoms with E-state index in [4.69, 9.17) is 0 Å². The van der Waals surface area contributed by atoms with Gasteiger partial charge in [-0.25, -0.2) is 14.4 Å². The summed E-state index contributed by atoms with van der Waals surface area (Å²) in [6.45, 7) is 3.65. The molecule has 0 bridgehead atoms. The lowest BCUT2D eigenvalue weighted by Gasteiger charge is -2.24. The molecule has 0 amide bonds. The normalized spacial score (nSPS) is 22.9. The van der Waals surface area contributed by atoms with Crippen LogP contribution in [0.4, 0.5) is 4.39 Å². The van der Waals surface area contributed by atoms with Crippen LogP contribution in [0.2, 0.25) is 0 Å². The zero-order valence-corrected chi connectivity index (χ0v) is 11.2. The number of rotatable bonds is 2. The highest BCUT2D eigenvalue weighted by atomic mass is 19.1. The second-order valence-electron chi connectivity index (χ2n) is 5.38. The number of fused-ring (bicyclic) bond motifs is 1. The van der Waals surface area contributed by atoms with Gasteiger partial charge in [0.25, 0.3) is 0 Å². The van der Waals surface area contributed by atoms with Crippen molar-refractivity contribution in [2.24, 2.45) is 0 Å². The van der Waals surface area contributed by atoms with Gasteiger partial charge in [-0.15, -0.1) is 0 Å². The zero-order chi connectivity index (χ0) is 14.1. The first-order valence-corrected chi connectivity index (χ1v) is 6.94. The SMILES string of the molecule is C=Cc1cc(F)c2nc(C3CCC(O)CC3)ncc2c1. The molecule has 1 heterocycles. The van der Waals surface area contributed by atoms with E-state index in [2.05, 4.69) is 16.5 Å². The number of benzene rings is 1. The lowest BCUT2D eigenvalue weighted by Crippen LogP contribution is -2.18. The fraction of sp³-hybridized carbons (Fsp3) is 0.375. The monoisotopic (exact) mass is 272 g/mol. The van der Waals surface area contributed by atoms with Crippen LogP contribution in [-0.4, -0.2) is 21.2 Å². The van der Waals surface area contributed by atoms with Gasteiger partial charge in [0.15, 0.2) is 0 Å². The van der Waals surface area contributed by atoms with Crippen molar-refractivity contribution in [1.29, 1.82) is 0 Å². The van der Waals surface area contributed by atoms with Gasteiger partial charge in [0.2, 0.25) is 0 Å². The number of hydrogen-bond donors (Lipinski definition) is 1. The summed E-state index contributed by atoms with van der Waals surface area (Å²) in [7, 11) is 0. The maximum atomic E-state index is 14.1. The highest BCUT2D eigenvalue weighted by Crippen LogP contribution is 2.31. The van der Waals surface area contributed by atoms with Crippen LogP contribution in [-0.2, 0) is 0 Å². The molecule has 1 fully saturated rings. The predicted molar refractivity (Wildman–Crippen MR) is 76.8 cm³/mol. The van der Waals surface area contributed by atoms with Crippen molar-refractivity contribution in [3.8, 4) is 0 Å². The molecule has 0 spiro atoms. The molecule has 20 heavy (non-hydrogen) atoms. The Hall–Kier alpha value is -1.81. The fourth-order valence-corrected chi connectivity index (χ4v) is 2.79. The molecule has 0 unspecified atom stereocenters. The molecule has 1 aliphatic rings. The summed E-state index contributed by atoms with van der Waals surface area (Å²) in [5.41, 5.74) is 1.10. The minimum absolute atomic E-state index is 0.210. The Bertz CT molecular complexity index is 648. The van der Waals surface area contributed by atoms with Gasteiger partial charge in [-0.1, -0.05) is 12.7 Å². The van der Waals surface area contributed by atoms with E-state index in [9.17, 15) is 9.50 Å². The van der Waals surface area contributed by atoms with E-state index in [1.807, 2.05) is 6.07 Å². The van der Waals surface area contributed by atoms with Gasteiger partial charge in [-0.3, -0.25) is 0 Å². The van der Waals surface area contributed by atoms with Gasteiger partial charge < -0.3 is 5.11 Å². The number of aliphatic hydroxyl groups excluding tert-OH is 1. The molecule has 1 aliphatic carbocycles. The van der Waals surface area contributed by atoms with E-state index in [1.54, 1.807) is 12.3 Å². The van der Waals surface area contributed by atoms with Gasteiger partial charge in [0.1, 0.15) is 17.2 Å². The van der Waals surface area contributed by atoms with Crippen molar-refractivity contribution in [1.82, 2.24) is 9.97 Å². The van der Waals surface area contributed by atoms with Crippen molar-refractivity contribution in [2.75, 3.05) is 0 Å². The number of hydrogen-bond acceptors (Lipinski definition) is 3. The van der Waals surface area contributed by atoms with E-state index in [0.29, 0.717) is 16.7 Å². The number of halogens is 1. The number of nitrogens with zero attached hydrogens (tertiary/aromatic N) is 2. The topological polar surface area (TPSA) is 46.0 Å². The Kier molecular flexibility index (Phi) is 3.49. The Balaban J connectivity index is 1.98. The average molecular weight is 272 g/mol. The molecular weight excluding hydrogens is 255 g/mol. The fourth-order valence-electron chi connectivity index (χ4n) is 2.79. The van der Waals surface area contributed by atoms with Gasteiger partial charge in [0.05, 0.1) is 6.10 Å². The van der Waals surface area contributed by atoms with Gasteiger partial charge in [-0.05, 0) is 43.4 Å². The summed E-state index contributed by atoms with van der Waals surface area (Å²) < 4.78 is 14.1. The van der Waals surface area contributed by atoms with Crippen molar-refractivity contribution in [3.05, 3.63) is 42.1 Å². The smallest absolute Gasteiger partial charge is 0.150 e. The predicted octanol–water partition coefficient (Wildman–Crippen LogP) is 3.43. The quantitative estimate of drug-likeness (QED) is 0.911. The second kappa shape index (κ2) is 5.29. The van der Waals surface area contributed by atoms with Crippen molar-refractivity contribution in [3.63, 3.8) is 0 Å². The Morgan fingerprint density at radius 3 is 2.70 bits per heavy atom. The first-order valence-electron chi connectivity index (χ1n) is 6.94. The second-order valence-corrected chi connectivity index (χ2v) is 5.38. The Morgan fingerprint density at radius 2 is 2.00 bits per heavy atom. The van der Waals surface area contributed by atoms with Gasteiger partial charge in [0, 0.05) is 17.5 Å². The summed E-state index contributed by atoms with van der Waals surface area (Å²) >= 11 is 0. The van der Waals surface area contributed by atoms with Crippen molar-refractivity contribution >= 4 is 17.0 Å². The summed E-state index contributed by atoms with van der Waals surface area (Å²) in [6, 6.07) is 3.27. The van der Waals surface area contributed by atoms with Crippen LogP contribution in [0.5, 0.6) is 0 Å². The van der Waals surface area contributed by atoms with Gasteiger partial charge in [-0.2, -0.15) is 0 Å². The maximum Gasteiger partial charge on any atom is 0.150 e. The standard InChI is InChI=1S/C16H17FN2O/c1-2-10-7-12-9-18-16(19-15(12)14(17)8-10)11-3-5-13(20)6-4-11/h2,7-9,11,13,20H,1,3-6H2. The molecule has 0 atom stereocenters. The zero-order valence-electron chi connectivity index (χ0n) is 11.2. The van der Waals surface area contributed by atoms with Crippen molar-refractivity contribution < 1.29 is 9.50 Å². The van der Waals surface area contributed by atoms with Crippen LogP contribution in [0, 0.1) is 5.82 Å². The minimum Gasteiger partial charge on any atom is -0.393 e. The molecule has 4 heteroatoms. The van der Waals surface area contributed by atoms with Crippen molar-refractivity contribution in [2.45, 2.75) is 37.7 Å². The third kappa shape index (κ3) is 2.43. The van der Waals surface area contributed by atoms with Crippen LogP contribution < -0.4 is 0 Å². The molecule has 1 N–H and O–H groups in total. The van der Waals surface area contributed by atoms with Crippen LogP contribution in [0.15, 0.2) is 24.9 Å². The molecular formula is C16H17FN2O. The van der Waals surface area contributed by atoms with Crippen LogP contribution >= 0.6 is 0 Å². The molecule has 2 aromatic rings. The van der Waals surface area contributed by atoms with Crippen LogP contribution in [0.25, 0.3) is 17.0 Å². The molecule has 104 valence electrons. The highest BCUT2D eigenvalue weighted by molar-refractivity contribution is 5.81. The summed E-state index contributed by atoms with van der Waals surface area (Å²) in [6.07, 6.45) is 6.34. The Labute approximate surface area is 117 Å². The summed E-state index contributed by atoms with van der Waals surface area (Å²) in [5, 5.41) is 10.2. The molecule has 1 saturated carbocycles. The average Bonchev–Trinajstić information content (AvgIpc) is 2.47. The van der Waals surface area contributed by atoms with Crippen LogP contribution in [0.3, 0.4) is 0 Å². The molecule has 1 aromatic carbocycles. The first-order chi connectivity index (χ1) is 9.67. The first kappa shape index (κ1) is 13.2. The van der Waals surface area contributed by atoms with E-state index in [-0.39, 0.29) is 17.8 Å². The van der Waals surface area contributed by atoms with E-state index >= 15 is 0 Å². The Morgan fingerprint density at radius 1 is 1.25 bits per heavy atom. The van der Waals surface area contributed by atoms with E-state index in [1.165, 1.54) is 6.07 Å². The molecule has 0 aliphatic heterocycles. The molecule has 3 rings (SSSR count). The molecule has 0 saturated heterocycles. The van der Waals surface area contributed by atoms with E-state index in [0.717, 1.165) is 31.2 Å². The van der Waals surface area contributed by atoms with Gasteiger partial charge >= 0.3 is 0 Å². The number of aliphatic hydroxyl groups is 1. The minimum atomic E-state index is -0.336. The van der Waals surface area contributed by atoms with Crippen LogP contribution in [0.1, 0.15) is 43.0 Å². The third-order valence-electron chi connectivity index (χ3n) is 3.98. The summed E-state index contributed by atoms with van der Waals surface area (Å²) in [5.74, 6) is 0.577.